The molecule has 30 heavy (non-hydrogen) atoms. The highest BCUT2D eigenvalue weighted by Crippen LogP contribution is 2.34. The molecule has 0 bridgehead atoms. The molecule has 0 spiro atoms. The van der Waals surface area contributed by atoms with Crippen molar-refractivity contribution in [3.63, 3.8) is 0 Å². The summed E-state index contributed by atoms with van der Waals surface area (Å²) >= 11 is 0. The molecule has 0 unspecified atom stereocenters. The molecule has 1 saturated heterocycles. The number of aromatic nitrogens is 2. The van der Waals surface area contributed by atoms with E-state index in [0.717, 1.165) is 24.9 Å². The third-order valence-corrected chi connectivity index (χ3v) is 6.86. The zero-order chi connectivity index (χ0) is 21.0. The maximum Gasteiger partial charge on any atom is 0.251 e. The molecule has 0 N–H and O–H groups in total. The molecule has 0 amide bonds. The number of nitrogens with zero attached hydrogens (tertiary/aromatic N) is 3. The number of benzene rings is 2. The minimum Gasteiger partial charge on any atom is -0.496 e. The van der Waals surface area contributed by atoms with Crippen LogP contribution in [0.2, 0.25) is 0 Å². The summed E-state index contributed by atoms with van der Waals surface area (Å²) in [5.74, 6) is 0.667. The van der Waals surface area contributed by atoms with E-state index in [1.807, 2.05) is 18.2 Å². The maximum absolute atomic E-state index is 13.0. The number of ether oxygens (including phenoxy) is 1. The van der Waals surface area contributed by atoms with Gasteiger partial charge >= 0.3 is 0 Å². The Kier molecular flexibility index (Phi) is 6.11. The second-order valence-corrected chi connectivity index (χ2v) is 9.06. The molecule has 0 saturated carbocycles. The van der Waals surface area contributed by atoms with Gasteiger partial charge in [0.1, 0.15) is 5.75 Å². The van der Waals surface area contributed by atoms with Gasteiger partial charge in [-0.2, -0.15) is 0 Å². The lowest BCUT2D eigenvalue weighted by Gasteiger charge is -2.36. The predicted octanol–water partition coefficient (Wildman–Crippen LogP) is 3.86. The van der Waals surface area contributed by atoms with Crippen molar-refractivity contribution in [2.24, 2.45) is 0 Å². The molecule has 0 aliphatic carbocycles. The van der Waals surface area contributed by atoms with E-state index < -0.39 is 9.84 Å². The van der Waals surface area contributed by atoms with Crippen LogP contribution in [-0.4, -0.2) is 36.9 Å². The molecular formula is C23H24N3O3S. The van der Waals surface area contributed by atoms with E-state index in [2.05, 4.69) is 33.4 Å². The third kappa shape index (κ3) is 4.22. The van der Waals surface area contributed by atoms with Crippen LogP contribution in [0, 0.1) is 6.42 Å². The van der Waals surface area contributed by atoms with Gasteiger partial charge < -0.3 is 4.74 Å². The average molecular weight is 423 g/mol. The molecule has 2 aromatic carbocycles. The summed E-state index contributed by atoms with van der Waals surface area (Å²) in [5.41, 5.74) is 2.06. The van der Waals surface area contributed by atoms with Gasteiger partial charge in [0.2, 0.25) is 9.84 Å². The SMILES string of the molecule is COc1ccc(S(=O)(=O)c2ncccn2)cc1CN1CCC[CH][C@H]1c1ccccc1. The van der Waals surface area contributed by atoms with Crippen molar-refractivity contribution in [1.82, 2.24) is 14.9 Å². The Hall–Kier alpha value is -2.77. The summed E-state index contributed by atoms with van der Waals surface area (Å²) in [7, 11) is -2.20. The molecule has 1 fully saturated rings. The minimum absolute atomic E-state index is 0.168. The Balaban J connectivity index is 1.67. The van der Waals surface area contributed by atoms with Crippen molar-refractivity contribution in [3.8, 4) is 5.75 Å². The molecule has 1 aromatic heterocycles. The third-order valence-electron chi connectivity index (χ3n) is 5.29. The lowest BCUT2D eigenvalue weighted by Crippen LogP contribution is -2.33. The normalized spacial score (nSPS) is 17.6. The minimum atomic E-state index is -3.80. The monoisotopic (exact) mass is 422 g/mol. The van der Waals surface area contributed by atoms with Crippen LogP contribution in [0.1, 0.15) is 30.0 Å². The topological polar surface area (TPSA) is 72.4 Å². The van der Waals surface area contributed by atoms with Crippen molar-refractivity contribution in [1.29, 1.82) is 0 Å². The highest BCUT2D eigenvalue weighted by atomic mass is 32.2. The van der Waals surface area contributed by atoms with Gasteiger partial charge in [0.25, 0.3) is 5.16 Å². The van der Waals surface area contributed by atoms with Gasteiger partial charge in [-0.15, -0.1) is 0 Å². The van der Waals surface area contributed by atoms with Gasteiger partial charge in [0.15, 0.2) is 0 Å². The summed E-state index contributed by atoms with van der Waals surface area (Å²) in [5, 5.41) is -0.199. The standard InChI is InChI=1S/C23H24N3O3S/c1-29-22-12-11-20(30(27,28)23-24-13-7-14-25-23)16-19(22)17-26-15-6-5-10-21(26)18-8-3-2-4-9-18/h2-4,7-14,16,21H,5-6,15,17H2,1H3/t21-/m0/s1. The number of sulfone groups is 1. The average Bonchev–Trinajstić information content (AvgIpc) is 2.80. The Morgan fingerprint density at radius 1 is 1.07 bits per heavy atom. The van der Waals surface area contributed by atoms with E-state index in [1.54, 1.807) is 31.4 Å². The first kappa shape index (κ1) is 20.5. The molecule has 7 heteroatoms. The fraction of sp³-hybridized carbons (Fsp3) is 0.261. The summed E-state index contributed by atoms with van der Waals surface area (Å²) < 4.78 is 31.5. The van der Waals surface area contributed by atoms with Gasteiger partial charge in [0, 0.05) is 30.5 Å². The first-order chi connectivity index (χ1) is 14.6. The summed E-state index contributed by atoms with van der Waals surface area (Å²) in [4.78, 5) is 10.4. The first-order valence-electron chi connectivity index (χ1n) is 9.91. The number of hydrogen-bond donors (Lipinski definition) is 0. The molecule has 1 aliphatic rings. The van der Waals surface area contributed by atoms with Gasteiger partial charge in [-0.3, -0.25) is 4.90 Å². The fourth-order valence-corrected chi connectivity index (χ4v) is 4.98. The quantitative estimate of drug-likeness (QED) is 0.562. The molecule has 3 aromatic rings. The van der Waals surface area contributed by atoms with Gasteiger partial charge in [-0.05, 0) is 55.6 Å². The zero-order valence-electron chi connectivity index (χ0n) is 16.8. The molecule has 1 radical (unpaired) electrons. The smallest absolute Gasteiger partial charge is 0.251 e. The van der Waals surface area contributed by atoms with Crippen molar-refractivity contribution < 1.29 is 13.2 Å². The van der Waals surface area contributed by atoms with Crippen LogP contribution in [0.4, 0.5) is 0 Å². The summed E-state index contributed by atoms with van der Waals surface area (Å²) in [6, 6.07) is 17.1. The van der Waals surface area contributed by atoms with Gasteiger partial charge in [-0.25, -0.2) is 18.4 Å². The lowest BCUT2D eigenvalue weighted by molar-refractivity contribution is 0.177. The highest BCUT2D eigenvalue weighted by Gasteiger charge is 2.27. The van der Waals surface area contributed by atoms with Crippen molar-refractivity contribution >= 4 is 9.84 Å². The van der Waals surface area contributed by atoms with Crippen LogP contribution < -0.4 is 4.74 Å². The Morgan fingerprint density at radius 2 is 1.83 bits per heavy atom. The Morgan fingerprint density at radius 3 is 2.57 bits per heavy atom. The van der Waals surface area contributed by atoms with E-state index >= 15 is 0 Å². The molecular weight excluding hydrogens is 398 g/mol. The number of likely N-dealkylation sites (tertiary alicyclic amines) is 1. The molecule has 2 heterocycles. The lowest BCUT2D eigenvalue weighted by atomic mass is 9.94. The van der Waals surface area contributed by atoms with Gasteiger partial charge in [0.05, 0.1) is 12.0 Å². The maximum atomic E-state index is 13.0. The predicted molar refractivity (Wildman–Crippen MR) is 114 cm³/mol. The number of methoxy groups -OCH3 is 1. The molecule has 1 atom stereocenters. The molecule has 4 rings (SSSR count). The second kappa shape index (κ2) is 8.93. The Bertz CT molecular complexity index is 1090. The van der Waals surface area contributed by atoms with E-state index in [0.29, 0.717) is 12.3 Å². The van der Waals surface area contributed by atoms with E-state index in [9.17, 15) is 8.42 Å². The first-order valence-corrected chi connectivity index (χ1v) is 11.4. The summed E-state index contributed by atoms with van der Waals surface area (Å²) in [6.07, 6.45) is 7.31. The molecule has 6 nitrogen and oxygen atoms in total. The van der Waals surface area contributed by atoms with Crippen LogP contribution in [0.3, 0.4) is 0 Å². The number of hydrogen-bond acceptors (Lipinski definition) is 6. The van der Waals surface area contributed by atoms with Crippen molar-refractivity contribution in [2.45, 2.75) is 35.5 Å². The van der Waals surface area contributed by atoms with Crippen LogP contribution in [0.15, 0.2) is 77.0 Å². The van der Waals surface area contributed by atoms with E-state index in [-0.39, 0.29) is 16.1 Å². The van der Waals surface area contributed by atoms with Crippen LogP contribution >= 0.6 is 0 Å². The van der Waals surface area contributed by atoms with Crippen LogP contribution in [0.25, 0.3) is 0 Å². The molecule has 155 valence electrons. The van der Waals surface area contributed by atoms with E-state index in [4.69, 9.17) is 4.74 Å². The second-order valence-electron chi connectivity index (χ2n) is 7.21. The van der Waals surface area contributed by atoms with Crippen LogP contribution in [-0.2, 0) is 16.4 Å². The zero-order valence-corrected chi connectivity index (χ0v) is 17.6. The molecule has 1 aliphatic heterocycles. The van der Waals surface area contributed by atoms with Crippen molar-refractivity contribution in [2.75, 3.05) is 13.7 Å². The Labute approximate surface area is 177 Å². The number of rotatable bonds is 6. The highest BCUT2D eigenvalue weighted by molar-refractivity contribution is 7.91. The largest absolute Gasteiger partial charge is 0.496 e. The number of piperidine rings is 1. The van der Waals surface area contributed by atoms with Crippen molar-refractivity contribution in [3.05, 3.63) is 84.5 Å². The van der Waals surface area contributed by atoms with Gasteiger partial charge in [-0.1, -0.05) is 30.3 Å². The fourth-order valence-electron chi connectivity index (χ4n) is 3.83. The van der Waals surface area contributed by atoms with Crippen LogP contribution in [0.5, 0.6) is 5.75 Å². The summed E-state index contributed by atoms with van der Waals surface area (Å²) in [6.45, 7) is 1.51. The van der Waals surface area contributed by atoms with E-state index in [1.165, 1.54) is 18.0 Å².